The molecule has 6 rings (SSSR count). The van der Waals surface area contributed by atoms with Crippen molar-refractivity contribution in [2.24, 2.45) is 0 Å². The van der Waals surface area contributed by atoms with Gasteiger partial charge in [0.1, 0.15) is 5.39 Å². The molecule has 0 saturated heterocycles. The minimum Gasteiger partial charge on any atom is -0.324 e. The van der Waals surface area contributed by atoms with Gasteiger partial charge in [0.15, 0.2) is 5.65 Å². The Labute approximate surface area is 215 Å². The van der Waals surface area contributed by atoms with Crippen molar-refractivity contribution in [1.29, 1.82) is 0 Å². The van der Waals surface area contributed by atoms with Crippen molar-refractivity contribution in [1.82, 2.24) is 28.8 Å². The monoisotopic (exact) mass is 521 g/mol. The topological polar surface area (TPSA) is 80.3 Å². The van der Waals surface area contributed by atoms with Crippen molar-refractivity contribution in [3.8, 4) is 5.69 Å². The van der Waals surface area contributed by atoms with Gasteiger partial charge in [-0.3, -0.25) is 14.1 Å². The first kappa shape index (κ1) is 23.5. The Hall–Kier alpha value is -3.89. The largest absolute Gasteiger partial charge is 0.324 e. The zero-order chi connectivity index (χ0) is 25.5. The summed E-state index contributed by atoms with van der Waals surface area (Å²) in [7, 11) is 0. The normalized spacial score (nSPS) is 14.3. The molecule has 0 bridgehead atoms. The van der Waals surface area contributed by atoms with E-state index < -0.39 is 6.43 Å². The zero-order valence-corrected chi connectivity index (χ0v) is 20.4. The molecule has 0 fully saturated rings. The van der Waals surface area contributed by atoms with E-state index in [2.05, 4.69) is 20.3 Å². The second kappa shape index (κ2) is 9.53. The fraction of sp³-hybridized carbons (Fsp3) is 0.231. The quantitative estimate of drug-likeness (QED) is 0.367. The molecule has 37 heavy (non-hydrogen) atoms. The van der Waals surface area contributed by atoms with Gasteiger partial charge in [-0.05, 0) is 48.2 Å². The van der Waals surface area contributed by atoms with Gasteiger partial charge in [-0.15, -0.1) is 0 Å². The van der Waals surface area contributed by atoms with Crippen LogP contribution >= 0.6 is 11.6 Å². The van der Waals surface area contributed by atoms with Crippen LogP contribution in [0.25, 0.3) is 22.5 Å². The summed E-state index contributed by atoms with van der Waals surface area (Å²) in [5, 5.41) is 3.96. The molecule has 188 valence electrons. The Balaban J connectivity index is 1.35. The van der Waals surface area contributed by atoms with E-state index in [0.717, 1.165) is 23.2 Å². The second-order valence-electron chi connectivity index (χ2n) is 8.92. The number of para-hydroxylation sites is 1. The first-order valence-electron chi connectivity index (χ1n) is 11.9. The number of hydrogen-bond acceptors (Lipinski definition) is 6. The van der Waals surface area contributed by atoms with E-state index >= 15 is 0 Å². The molecule has 5 aromatic rings. The molecule has 8 nitrogen and oxygen atoms in total. The summed E-state index contributed by atoms with van der Waals surface area (Å²) >= 11 is 6.38. The highest BCUT2D eigenvalue weighted by Gasteiger charge is 2.19. The summed E-state index contributed by atoms with van der Waals surface area (Å²) in [5.74, 6) is 0.707. The average Bonchev–Trinajstić information content (AvgIpc) is 3.28. The van der Waals surface area contributed by atoms with Crippen molar-refractivity contribution in [2.45, 2.75) is 19.3 Å². The second-order valence-corrected chi connectivity index (χ2v) is 9.33. The minimum atomic E-state index is -2.33. The van der Waals surface area contributed by atoms with E-state index in [1.165, 1.54) is 10.8 Å². The predicted octanol–water partition coefficient (Wildman–Crippen LogP) is 4.49. The number of hydrogen-bond donors (Lipinski definition) is 1. The highest BCUT2D eigenvalue weighted by molar-refractivity contribution is 6.32. The lowest BCUT2D eigenvalue weighted by molar-refractivity contribution is 0.0904. The summed E-state index contributed by atoms with van der Waals surface area (Å²) in [5.41, 5.74) is 3.66. The van der Waals surface area contributed by atoms with E-state index in [-0.39, 0.29) is 12.1 Å². The van der Waals surface area contributed by atoms with Crippen LogP contribution in [0, 0.1) is 0 Å². The van der Waals surface area contributed by atoms with Crippen molar-refractivity contribution in [2.75, 3.05) is 25.0 Å². The lowest BCUT2D eigenvalue weighted by atomic mass is 10.0. The average molecular weight is 522 g/mol. The van der Waals surface area contributed by atoms with E-state index in [0.29, 0.717) is 53.0 Å². The van der Waals surface area contributed by atoms with E-state index in [1.54, 1.807) is 46.0 Å². The van der Waals surface area contributed by atoms with Crippen LogP contribution in [0.2, 0.25) is 5.02 Å². The lowest BCUT2D eigenvalue weighted by Crippen LogP contribution is -2.31. The molecule has 0 unspecified atom stereocenters. The molecule has 0 radical (unpaired) electrons. The van der Waals surface area contributed by atoms with E-state index in [1.807, 2.05) is 18.2 Å². The molecule has 3 aromatic heterocycles. The van der Waals surface area contributed by atoms with Gasteiger partial charge in [0.25, 0.3) is 12.0 Å². The summed E-state index contributed by atoms with van der Waals surface area (Å²) in [4.78, 5) is 28.6. The summed E-state index contributed by atoms with van der Waals surface area (Å²) < 4.78 is 28.8. The number of aromatic nitrogens is 5. The first-order valence-corrected chi connectivity index (χ1v) is 12.2. The predicted molar refractivity (Wildman–Crippen MR) is 138 cm³/mol. The van der Waals surface area contributed by atoms with Gasteiger partial charge in [-0.1, -0.05) is 29.8 Å². The smallest absolute Gasteiger partial charge is 0.270 e. The van der Waals surface area contributed by atoms with Gasteiger partial charge < -0.3 is 5.32 Å². The number of fused-ring (bicyclic) bond motifs is 4. The molecule has 4 heterocycles. The Kier molecular flexibility index (Phi) is 6.05. The highest BCUT2D eigenvalue weighted by atomic mass is 35.5. The number of alkyl halides is 2. The minimum absolute atomic E-state index is 0.203. The number of imidazole rings is 1. The zero-order valence-electron chi connectivity index (χ0n) is 19.6. The Morgan fingerprint density at radius 3 is 2.68 bits per heavy atom. The summed E-state index contributed by atoms with van der Waals surface area (Å²) in [6.45, 7) is 0.999. The molecule has 11 heteroatoms. The molecule has 1 aliphatic heterocycles. The van der Waals surface area contributed by atoms with Gasteiger partial charge in [-0.25, -0.2) is 23.3 Å². The van der Waals surface area contributed by atoms with Crippen LogP contribution in [0.4, 0.5) is 20.4 Å². The van der Waals surface area contributed by atoms with Crippen molar-refractivity contribution in [3.05, 3.63) is 87.6 Å². The number of benzene rings is 2. The van der Waals surface area contributed by atoms with Gasteiger partial charge in [-0.2, -0.15) is 4.98 Å². The van der Waals surface area contributed by atoms with E-state index in [9.17, 15) is 13.6 Å². The number of rotatable bonds is 5. The maximum Gasteiger partial charge on any atom is 0.270 e. The SMILES string of the molecule is O=c1c2cnc(Nc3ccc4c(c3)CCN(CC(F)F)CC4)nc2n2ccnc2n1-c1ccccc1Cl. The molecule has 2 aromatic carbocycles. The van der Waals surface area contributed by atoms with Crippen molar-refractivity contribution >= 4 is 40.0 Å². The molecule has 0 aliphatic carbocycles. The number of nitrogens with one attached hydrogen (secondary N) is 1. The number of nitrogens with zero attached hydrogens (tertiary/aromatic N) is 6. The summed E-state index contributed by atoms with van der Waals surface area (Å²) in [6, 6.07) is 13.0. The number of anilines is 2. The number of halogens is 3. The molecule has 0 spiro atoms. The molecule has 1 N–H and O–H groups in total. The highest BCUT2D eigenvalue weighted by Crippen LogP contribution is 2.25. The van der Waals surface area contributed by atoms with Crippen LogP contribution in [-0.2, 0) is 12.8 Å². The maximum absolute atomic E-state index is 13.4. The van der Waals surface area contributed by atoms with E-state index in [4.69, 9.17) is 11.6 Å². The molecular weight excluding hydrogens is 500 g/mol. The third-order valence-electron chi connectivity index (χ3n) is 6.60. The van der Waals surface area contributed by atoms with Crippen LogP contribution in [-0.4, -0.2) is 54.9 Å². The third-order valence-corrected chi connectivity index (χ3v) is 6.92. The Morgan fingerprint density at radius 2 is 1.86 bits per heavy atom. The fourth-order valence-corrected chi connectivity index (χ4v) is 5.03. The molecule has 0 atom stereocenters. The third kappa shape index (κ3) is 4.42. The Bertz CT molecular complexity index is 1680. The molecular formula is C26H22ClF2N7O. The van der Waals surface area contributed by atoms with Crippen LogP contribution in [0.5, 0.6) is 0 Å². The maximum atomic E-state index is 13.4. The summed E-state index contributed by atoms with van der Waals surface area (Å²) in [6.07, 6.45) is 3.90. The Morgan fingerprint density at radius 1 is 1.05 bits per heavy atom. The van der Waals surface area contributed by atoms with Gasteiger partial charge >= 0.3 is 0 Å². The van der Waals surface area contributed by atoms with Gasteiger partial charge in [0.05, 0.1) is 17.3 Å². The van der Waals surface area contributed by atoms with Crippen LogP contribution < -0.4 is 10.9 Å². The fourth-order valence-electron chi connectivity index (χ4n) is 4.81. The van der Waals surface area contributed by atoms with Crippen LogP contribution in [0.1, 0.15) is 11.1 Å². The molecule has 0 amide bonds. The van der Waals surface area contributed by atoms with Crippen LogP contribution in [0.15, 0.2) is 65.8 Å². The lowest BCUT2D eigenvalue weighted by Gasteiger charge is -2.18. The van der Waals surface area contributed by atoms with Crippen molar-refractivity contribution < 1.29 is 8.78 Å². The molecule has 0 saturated carbocycles. The standard InChI is InChI=1S/C26H22ClF2N7O/c27-20-3-1-2-4-21(20)36-24(37)19-14-31-25(33-23(19)35-12-9-30-26(35)36)32-18-6-5-16-7-10-34(15-22(28)29)11-8-17(16)13-18/h1-6,9,12-14,22H,7-8,10-11,15H2,(H,31,32,33). The molecule has 1 aliphatic rings. The van der Waals surface area contributed by atoms with Crippen LogP contribution in [0.3, 0.4) is 0 Å². The van der Waals surface area contributed by atoms with Gasteiger partial charge in [0, 0.05) is 37.4 Å². The van der Waals surface area contributed by atoms with Gasteiger partial charge in [0.2, 0.25) is 11.7 Å². The first-order chi connectivity index (χ1) is 18.0. The van der Waals surface area contributed by atoms with Crippen molar-refractivity contribution in [3.63, 3.8) is 0 Å².